The zero-order chi connectivity index (χ0) is 14.9. The number of aromatic nitrogens is 2. The minimum absolute atomic E-state index is 0.170. The molecule has 0 unspecified atom stereocenters. The lowest BCUT2D eigenvalue weighted by atomic mass is 10.1. The molecular formula is C15H16N2O3. The number of carboxylic acid groups (broad SMARTS) is 1. The second kappa shape index (κ2) is 5.28. The van der Waals surface area contributed by atoms with E-state index >= 15 is 0 Å². The van der Waals surface area contributed by atoms with Gasteiger partial charge in [0.25, 0.3) is 5.78 Å². The molecule has 0 aliphatic heterocycles. The van der Waals surface area contributed by atoms with Crippen LogP contribution in [0.4, 0.5) is 0 Å². The third-order valence-electron chi connectivity index (χ3n) is 3.31. The van der Waals surface area contributed by atoms with Crippen molar-refractivity contribution in [3.8, 4) is 5.69 Å². The average molecular weight is 272 g/mol. The van der Waals surface area contributed by atoms with Crippen LogP contribution in [-0.2, 0) is 11.2 Å². The number of carbonyl (C=O) groups is 2. The van der Waals surface area contributed by atoms with Crippen LogP contribution in [0.25, 0.3) is 5.69 Å². The quantitative estimate of drug-likeness (QED) is 0.684. The molecule has 1 aromatic heterocycles. The number of para-hydroxylation sites is 1. The van der Waals surface area contributed by atoms with E-state index in [1.165, 1.54) is 0 Å². The van der Waals surface area contributed by atoms with Crippen molar-refractivity contribution in [3.63, 3.8) is 0 Å². The number of ketones is 1. The largest absolute Gasteiger partial charge is 0.475 e. The molecule has 5 heteroatoms. The van der Waals surface area contributed by atoms with Crippen molar-refractivity contribution in [2.24, 2.45) is 0 Å². The van der Waals surface area contributed by atoms with Gasteiger partial charge in [-0.15, -0.1) is 0 Å². The first-order valence-corrected chi connectivity index (χ1v) is 6.39. The fourth-order valence-corrected chi connectivity index (χ4v) is 2.33. The molecule has 0 aliphatic carbocycles. The summed E-state index contributed by atoms with van der Waals surface area (Å²) in [4.78, 5) is 22.6. The Morgan fingerprint density at radius 1 is 1.25 bits per heavy atom. The average Bonchev–Trinajstić information content (AvgIpc) is 2.73. The highest BCUT2D eigenvalue weighted by Crippen LogP contribution is 2.21. The maximum absolute atomic E-state index is 11.7. The highest BCUT2D eigenvalue weighted by Gasteiger charge is 2.24. The molecule has 0 saturated heterocycles. The van der Waals surface area contributed by atoms with Gasteiger partial charge in [-0.05, 0) is 31.9 Å². The van der Waals surface area contributed by atoms with Crippen LogP contribution in [0.1, 0.15) is 34.2 Å². The van der Waals surface area contributed by atoms with Crippen LogP contribution in [0.5, 0.6) is 0 Å². The van der Waals surface area contributed by atoms with Crippen LogP contribution >= 0.6 is 0 Å². The summed E-state index contributed by atoms with van der Waals surface area (Å²) in [5.41, 5.74) is 3.12. The van der Waals surface area contributed by atoms with E-state index in [2.05, 4.69) is 5.10 Å². The smallest absolute Gasteiger partial charge is 0.377 e. The summed E-state index contributed by atoms with van der Waals surface area (Å²) in [5, 5.41) is 13.2. The van der Waals surface area contributed by atoms with Crippen LogP contribution in [0.2, 0.25) is 0 Å². The molecule has 104 valence electrons. The van der Waals surface area contributed by atoms with E-state index in [9.17, 15) is 9.59 Å². The summed E-state index contributed by atoms with van der Waals surface area (Å²) in [5.74, 6) is -2.38. The van der Waals surface area contributed by atoms with Gasteiger partial charge in [0.15, 0.2) is 0 Å². The van der Waals surface area contributed by atoms with Gasteiger partial charge in [0.2, 0.25) is 0 Å². The van der Waals surface area contributed by atoms with Crippen LogP contribution in [0.3, 0.4) is 0 Å². The minimum Gasteiger partial charge on any atom is -0.475 e. The summed E-state index contributed by atoms with van der Waals surface area (Å²) in [6.45, 7) is 5.39. The third-order valence-corrected chi connectivity index (χ3v) is 3.31. The maximum atomic E-state index is 11.7. The summed E-state index contributed by atoms with van der Waals surface area (Å²) in [6.07, 6.45) is 0.830. The van der Waals surface area contributed by atoms with Crippen molar-refractivity contribution in [1.29, 1.82) is 0 Å². The Balaban J connectivity index is 2.63. The molecular weight excluding hydrogens is 256 g/mol. The van der Waals surface area contributed by atoms with Crippen molar-refractivity contribution < 1.29 is 14.7 Å². The van der Waals surface area contributed by atoms with E-state index in [1.54, 1.807) is 18.5 Å². The molecule has 0 aliphatic rings. The van der Waals surface area contributed by atoms with Crippen molar-refractivity contribution in [1.82, 2.24) is 9.78 Å². The Bertz CT molecular complexity index is 686. The normalized spacial score (nSPS) is 10.6. The number of carbonyl (C=O) groups excluding carboxylic acids is 1. The van der Waals surface area contributed by atoms with Crippen molar-refractivity contribution in [2.75, 3.05) is 0 Å². The zero-order valence-corrected chi connectivity index (χ0v) is 11.7. The highest BCUT2D eigenvalue weighted by atomic mass is 16.4. The number of carboxylic acids is 1. The second-order valence-corrected chi connectivity index (χ2v) is 4.57. The number of aryl methyl sites for hydroxylation is 2. The van der Waals surface area contributed by atoms with Crippen molar-refractivity contribution in [3.05, 3.63) is 46.8 Å². The van der Waals surface area contributed by atoms with Gasteiger partial charge in [-0.1, -0.05) is 25.1 Å². The van der Waals surface area contributed by atoms with E-state index in [0.29, 0.717) is 11.4 Å². The summed E-state index contributed by atoms with van der Waals surface area (Å²) in [6, 6.07) is 7.73. The number of benzene rings is 1. The number of rotatable bonds is 4. The van der Waals surface area contributed by atoms with E-state index < -0.39 is 11.8 Å². The van der Waals surface area contributed by atoms with Crippen LogP contribution in [0, 0.1) is 13.8 Å². The lowest BCUT2D eigenvalue weighted by molar-refractivity contribution is -0.131. The summed E-state index contributed by atoms with van der Waals surface area (Å²) >= 11 is 0. The van der Waals surface area contributed by atoms with Crippen LogP contribution in [-0.4, -0.2) is 26.6 Å². The molecule has 2 aromatic rings. The predicted molar refractivity (Wildman–Crippen MR) is 74.4 cm³/mol. The molecule has 0 bridgehead atoms. The second-order valence-electron chi connectivity index (χ2n) is 4.57. The van der Waals surface area contributed by atoms with E-state index in [1.807, 2.05) is 31.2 Å². The Morgan fingerprint density at radius 3 is 2.50 bits per heavy atom. The van der Waals surface area contributed by atoms with Gasteiger partial charge in [0.1, 0.15) is 0 Å². The summed E-state index contributed by atoms with van der Waals surface area (Å²) < 4.78 is 1.64. The number of hydrogen-bond acceptors (Lipinski definition) is 3. The fraction of sp³-hybridized carbons (Fsp3) is 0.267. The van der Waals surface area contributed by atoms with Gasteiger partial charge >= 0.3 is 5.97 Å². The lowest BCUT2D eigenvalue weighted by Crippen LogP contribution is -2.14. The molecule has 1 N–H and O–H groups in total. The van der Waals surface area contributed by atoms with Gasteiger partial charge in [0.05, 0.1) is 22.6 Å². The molecule has 0 atom stereocenters. The first-order chi connectivity index (χ1) is 9.47. The monoisotopic (exact) mass is 272 g/mol. The molecule has 1 aromatic carbocycles. The highest BCUT2D eigenvalue weighted by molar-refractivity contribution is 6.40. The van der Waals surface area contributed by atoms with E-state index in [0.717, 1.165) is 17.7 Å². The molecule has 1 heterocycles. The molecule has 0 saturated carbocycles. The summed E-state index contributed by atoms with van der Waals surface area (Å²) in [7, 11) is 0. The number of Topliss-reactive ketones (excluding diaryl/α,β-unsaturated/α-hetero) is 1. The molecule has 20 heavy (non-hydrogen) atoms. The standard InChI is InChI=1S/C15H16N2O3/c1-4-11-7-5-6-8-12(11)17-10(3)13(9(2)16-17)14(18)15(19)20/h5-8H,4H2,1-3H3,(H,19,20). The maximum Gasteiger partial charge on any atom is 0.377 e. The minimum atomic E-state index is -1.46. The molecule has 0 spiro atoms. The van der Waals surface area contributed by atoms with Crippen molar-refractivity contribution in [2.45, 2.75) is 27.2 Å². The van der Waals surface area contributed by atoms with Gasteiger partial charge in [-0.3, -0.25) is 4.79 Å². The van der Waals surface area contributed by atoms with E-state index in [-0.39, 0.29) is 5.56 Å². The van der Waals surface area contributed by atoms with Crippen LogP contribution < -0.4 is 0 Å². The number of hydrogen-bond donors (Lipinski definition) is 1. The third kappa shape index (κ3) is 2.22. The van der Waals surface area contributed by atoms with E-state index in [4.69, 9.17) is 5.11 Å². The lowest BCUT2D eigenvalue weighted by Gasteiger charge is -2.09. The molecule has 0 radical (unpaired) electrons. The number of aliphatic carboxylic acids is 1. The Labute approximate surface area is 116 Å². The Hall–Kier alpha value is -2.43. The molecule has 0 fully saturated rings. The zero-order valence-electron chi connectivity index (χ0n) is 11.7. The molecule has 0 amide bonds. The fourth-order valence-electron chi connectivity index (χ4n) is 2.33. The first-order valence-electron chi connectivity index (χ1n) is 6.39. The Kier molecular flexibility index (Phi) is 3.70. The van der Waals surface area contributed by atoms with Gasteiger partial charge in [0, 0.05) is 0 Å². The molecule has 5 nitrogen and oxygen atoms in total. The predicted octanol–water partition coefficient (Wildman–Crippen LogP) is 2.32. The SMILES string of the molecule is CCc1ccccc1-n1nc(C)c(C(=O)C(=O)O)c1C. The van der Waals surface area contributed by atoms with Crippen molar-refractivity contribution >= 4 is 11.8 Å². The number of nitrogens with zero attached hydrogens (tertiary/aromatic N) is 2. The van der Waals surface area contributed by atoms with Gasteiger partial charge in [-0.25, -0.2) is 9.48 Å². The van der Waals surface area contributed by atoms with Gasteiger partial charge < -0.3 is 5.11 Å². The Morgan fingerprint density at radius 2 is 1.90 bits per heavy atom. The topological polar surface area (TPSA) is 72.2 Å². The van der Waals surface area contributed by atoms with Crippen LogP contribution in [0.15, 0.2) is 24.3 Å². The molecule has 2 rings (SSSR count). The van der Waals surface area contributed by atoms with Gasteiger partial charge in [-0.2, -0.15) is 5.10 Å². The first kappa shape index (κ1) is 14.0.